The van der Waals surface area contributed by atoms with Crippen LogP contribution in [0.4, 0.5) is 5.69 Å². The van der Waals surface area contributed by atoms with Gasteiger partial charge in [-0.25, -0.2) is 4.79 Å². The molecule has 0 fully saturated rings. The molecular formula is C13H14N2O6. The van der Waals surface area contributed by atoms with Crippen LogP contribution in [0, 0.1) is 16.0 Å². The quantitative estimate of drug-likeness (QED) is 0.213. The normalized spacial score (nSPS) is 11.3. The van der Waals surface area contributed by atoms with Gasteiger partial charge in [-0.3, -0.25) is 14.9 Å². The summed E-state index contributed by atoms with van der Waals surface area (Å²) in [5.74, 6) is -2.19. The summed E-state index contributed by atoms with van der Waals surface area (Å²) in [4.78, 5) is 33.1. The molecule has 1 N–H and O–H groups in total. The number of hydrogen-bond acceptors (Lipinski definition) is 7. The Balaban J connectivity index is 2.68. The van der Waals surface area contributed by atoms with Gasteiger partial charge in [0.15, 0.2) is 5.78 Å². The van der Waals surface area contributed by atoms with Crippen molar-refractivity contribution >= 4 is 23.2 Å². The van der Waals surface area contributed by atoms with Crippen molar-refractivity contribution in [3.8, 4) is 0 Å². The molecule has 0 heterocycles. The maximum absolute atomic E-state index is 11.6. The maximum Gasteiger partial charge on any atom is 0.364 e. The number of hydrogen-bond donors (Lipinski definition) is 1. The third kappa shape index (κ3) is 4.37. The molecule has 0 aliphatic rings. The summed E-state index contributed by atoms with van der Waals surface area (Å²) < 4.78 is 4.83. The number of nitrogens with zero attached hydrogens (tertiary/aromatic N) is 2. The Morgan fingerprint density at radius 1 is 1.33 bits per heavy atom. The molecule has 0 aliphatic carbocycles. The van der Waals surface area contributed by atoms with Crippen molar-refractivity contribution in [2.75, 3.05) is 0 Å². The van der Waals surface area contributed by atoms with E-state index in [2.05, 4.69) is 5.16 Å². The van der Waals surface area contributed by atoms with Crippen LogP contribution in [0.3, 0.4) is 0 Å². The van der Waals surface area contributed by atoms with Crippen LogP contribution in [0.5, 0.6) is 0 Å². The van der Waals surface area contributed by atoms with E-state index in [4.69, 9.17) is 9.94 Å². The van der Waals surface area contributed by atoms with Crippen LogP contribution >= 0.6 is 0 Å². The van der Waals surface area contributed by atoms with E-state index >= 15 is 0 Å². The lowest BCUT2D eigenvalue weighted by Crippen LogP contribution is -2.29. The van der Waals surface area contributed by atoms with Crippen molar-refractivity contribution in [1.82, 2.24) is 0 Å². The average Bonchev–Trinajstić information content (AvgIpc) is 2.46. The van der Waals surface area contributed by atoms with Gasteiger partial charge in [0.2, 0.25) is 5.71 Å². The summed E-state index contributed by atoms with van der Waals surface area (Å²) in [5.41, 5.74) is -0.257. The summed E-state index contributed by atoms with van der Waals surface area (Å²) in [6.45, 7) is 2.91. The first kappa shape index (κ1) is 16.3. The first-order valence-corrected chi connectivity index (χ1v) is 6.03. The number of ketones is 1. The van der Waals surface area contributed by atoms with Crippen molar-refractivity contribution in [2.45, 2.75) is 20.5 Å². The van der Waals surface area contributed by atoms with Gasteiger partial charge in [-0.1, -0.05) is 19.0 Å². The Hall–Kier alpha value is -2.77. The van der Waals surface area contributed by atoms with Crippen molar-refractivity contribution in [3.63, 3.8) is 0 Å². The molecule has 1 rings (SSSR count). The standard InChI is InChI=1S/C13H14N2O6/c1-8(2)12(16)11(14-18)13(17)21-7-9-3-5-10(6-4-9)15(19)20/h3-6,8,18H,7H2,1-2H3/b14-11+. The molecule has 0 aromatic heterocycles. The highest BCUT2D eigenvalue weighted by molar-refractivity contribution is 6.64. The molecule has 0 unspecified atom stereocenters. The van der Waals surface area contributed by atoms with Crippen LogP contribution in [0.15, 0.2) is 29.4 Å². The molecule has 0 bridgehead atoms. The number of Topliss-reactive ketones (excluding diaryl/α,β-unsaturated/α-hetero) is 1. The van der Waals surface area contributed by atoms with Crippen molar-refractivity contribution in [1.29, 1.82) is 0 Å². The number of ether oxygens (including phenoxy) is 1. The minimum absolute atomic E-state index is 0.0855. The summed E-state index contributed by atoms with van der Waals surface area (Å²) in [7, 11) is 0. The molecule has 21 heavy (non-hydrogen) atoms. The van der Waals surface area contributed by atoms with Gasteiger partial charge in [-0.05, 0) is 17.7 Å². The van der Waals surface area contributed by atoms with Crippen molar-refractivity contribution in [2.24, 2.45) is 11.1 Å². The molecule has 1 aromatic carbocycles. The SMILES string of the molecule is CC(C)C(=O)/C(=N\O)C(=O)OCc1ccc([N+](=O)[O-])cc1. The highest BCUT2D eigenvalue weighted by Crippen LogP contribution is 2.12. The number of oxime groups is 1. The fourth-order valence-corrected chi connectivity index (χ4v) is 1.40. The van der Waals surface area contributed by atoms with Crippen LogP contribution in [-0.2, 0) is 20.9 Å². The van der Waals surface area contributed by atoms with Gasteiger partial charge in [-0.2, -0.15) is 0 Å². The van der Waals surface area contributed by atoms with E-state index in [1.54, 1.807) is 13.8 Å². The van der Waals surface area contributed by atoms with Gasteiger partial charge in [0.25, 0.3) is 5.69 Å². The molecule has 0 saturated heterocycles. The lowest BCUT2D eigenvalue weighted by atomic mass is 10.1. The number of rotatable bonds is 6. The monoisotopic (exact) mass is 294 g/mol. The largest absolute Gasteiger partial charge is 0.456 e. The number of nitro groups is 1. The van der Waals surface area contributed by atoms with Crippen LogP contribution in [0.25, 0.3) is 0 Å². The first-order chi connectivity index (χ1) is 9.86. The fraction of sp³-hybridized carbons (Fsp3) is 0.308. The average molecular weight is 294 g/mol. The first-order valence-electron chi connectivity index (χ1n) is 6.03. The lowest BCUT2D eigenvalue weighted by Gasteiger charge is -2.07. The van der Waals surface area contributed by atoms with Gasteiger partial charge in [-0.15, -0.1) is 0 Å². The smallest absolute Gasteiger partial charge is 0.364 e. The van der Waals surface area contributed by atoms with E-state index in [9.17, 15) is 19.7 Å². The van der Waals surface area contributed by atoms with E-state index in [0.717, 1.165) is 0 Å². The highest BCUT2D eigenvalue weighted by atomic mass is 16.6. The Morgan fingerprint density at radius 2 is 1.90 bits per heavy atom. The van der Waals surface area contributed by atoms with Crippen molar-refractivity contribution in [3.05, 3.63) is 39.9 Å². The molecule has 0 saturated carbocycles. The number of carbonyl (C=O) groups is 2. The molecule has 112 valence electrons. The summed E-state index contributed by atoms with van der Waals surface area (Å²) in [6, 6.07) is 5.38. The maximum atomic E-state index is 11.6. The topological polar surface area (TPSA) is 119 Å². The fourth-order valence-electron chi connectivity index (χ4n) is 1.40. The Labute approximate surface area is 120 Å². The van der Waals surface area contributed by atoms with E-state index in [-0.39, 0.29) is 12.3 Å². The van der Waals surface area contributed by atoms with Gasteiger partial charge < -0.3 is 9.94 Å². The molecule has 0 radical (unpaired) electrons. The van der Waals surface area contributed by atoms with Crippen LogP contribution < -0.4 is 0 Å². The summed E-state index contributed by atoms with van der Waals surface area (Å²) in [6.07, 6.45) is 0. The zero-order valence-electron chi connectivity index (χ0n) is 11.5. The van der Waals surface area contributed by atoms with Gasteiger partial charge in [0.05, 0.1) is 4.92 Å². The third-order valence-corrected chi connectivity index (χ3v) is 2.57. The Bertz CT molecular complexity index is 577. The molecule has 1 aromatic rings. The predicted molar refractivity (Wildman–Crippen MR) is 72.0 cm³/mol. The molecule has 8 nitrogen and oxygen atoms in total. The number of non-ortho nitro benzene ring substituents is 1. The van der Waals surface area contributed by atoms with E-state index in [0.29, 0.717) is 5.56 Å². The summed E-state index contributed by atoms with van der Waals surface area (Å²) >= 11 is 0. The second-order valence-corrected chi connectivity index (χ2v) is 4.47. The van der Waals surface area contributed by atoms with Gasteiger partial charge >= 0.3 is 5.97 Å². The Kier molecular flexibility index (Phi) is 5.53. The number of carbonyl (C=O) groups excluding carboxylic acids is 2. The van der Waals surface area contributed by atoms with E-state index in [1.807, 2.05) is 0 Å². The lowest BCUT2D eigenvalue weighted by molar-refractivity contribution is -0.384. The summed E-state index contributed by atoms with van der Waals surface area (Å²) in [5, 5.41) is 21.8. The molecule has 0 amide bonds. The minimum Gasteiger partial charge on any atom is -0.456 e. The van der Waals surface area contributed by atoms with Gasteiger partial charge in [0.1, 0.15) is 6.61 Å². The van der Waals surface area contributed by atoms with E-state index in [1.165, 1.54) is 24.3 Å². The Morgan fingerprint density at radius 3 is 2.33 bits per heavy atom. The number of nitro benzene ring substituents is 1. The molecule has 0 aliphatic heterocycles. The van der Waals surface area contributed by atoms with Crippen molar-refractivity contribution < 1.29 is 24.5 Å². The second-order valence-electron chi connectivity index (χ2n) is 4.47. The molecule has 0 atom stereocenters. The van der Waals surface area contributed by atoms with Crippen LogP contribution in [-0.4, -0.2) is 27.6 Å². The van der Waals surface area contributed by atoms with Gasteiger partial charge in [0, 0.05) is 18.1 Å². The van der Waals surface area contributed by atoms with E-state index < -0.39 is 28.3 Å². The van der Waals surface area contributed by atoms with Crippen LogP contribution in [0.2, 0.25) is 0 Å². The van der Waals surface area contributed by atoms with Crippen LogP contribution in [0.1, 0.15) is 19.4 Å². The number of benzene rings is 1. The predicted octanol–water partition coefficient (Wildman–Crippen LogP) is 1.69. The zero-order valence-corrected chi connectivity index (χ0v) is 11.5. The zero-order chi connectivity index (χ0) is 16.0. The third-order valence-electron chi connectivity index (χ3n) is 2.57. The number of esters is 1. The molecule has 8 heteroatoms. The molecular weight excluding hydrogens is 280 g/mol. The molecule has 0 spiro atoms. The minimum atomic E-state index is -1.05. The second kappa shape index (κ2) is 7.13. The highest BCUT2D eigenvalue weighted by Gasteiger charge is 2.25.